The molecule has 5 nitrogen and oxygen atoms in total. The second kappa shape index (κ2) is 5.69. The summed E-state index contributed by atoms with van der Waals surface area (Å²) in [6, 6.07) is 1.31. The van der Waals surface area contributed by atoms with Gasteiger partial charge in [0.25, 0.3) is 10.0 Å². The number of carboxylic acids is 1. The molecule has 1 aromatic rings. The van der Waals surface area contributed by atoms with Crippen molar-refractivity contribution in [2.45, 2.75) is 30.5 Å². The van der Waals surface area contributed by atoms with Crippen LogP contribution in [-0.4, -0.2) is 35.9 Å². The average molecular weight is 391 g/mol. The second-order valence-electron chi connectivity index (χ2n) is 4.22. The Bertz CT molecular complexity index is 577. The molecule has 0 spiro atoms. The van der Waals surface area contributed by atoms with E-state index in [1.165, 1.54) is 19.9 Å². The molecule has 0 fully saturated rings. The van der Waals surface area contributed by atoms with Gasteiger partial charge >= 0.3 is 5.97 Å². The molecule has 0 aliphatic carbocycles. The quantitative estimate of drug-likeness (QED) is 0.838. The van der Waals surface area contributed by atoms with Gasteiger partial charge < -0.3 is 5.11 Å². The van der Waals surface area contributed by atoms with E-state index in [9.17, 15) is 18.3 Å². The van der Waals surface area contributed by atoms with Crippen molar-refractivity contribution in [3.8, 4) is 0 Å². The van der Waals surface area contributed by atoms with Crippen LogP contribution in [0.15, 0.2) is 14.1 Å². The van der Waals surface area contributed by atoms with Gasteiger partial charge in [0.2, 0.25) is 0 Å². The summed E-state index contributed by atoms with van der Waals surface area (Å²) in [6.07, 6.45) is 0. The van der Waals surface area contributed by atoms with E-state index in [2.05, 4.69) is 15.9 Å². The normalized spacial score (nSPS) is 12.9. The third kappa shape index (κ3) is 3.13. The molecule has 19 heavy (non-hydrogen) atoms. The molecule has 0 radical (unpaired) electrons. The predicted octanol–water partition coefficient (Wildman–Crippen LogP) is 3.04. The lowest BCUT2D eigenvalue weighted by Crippen LogP contribution is -2.52. The highest BCUT2D eigenvalue weighted by Gasteiger charge is 2.42. The molecule has 0 bridgehead atoms. The Kier molecular flexibility index (Phi) is 5.06. The van der Waals surface area contributed by atoms with Crippen LogP contribution in [0.5, 0.6) is 0 Å². The molecular formula is C10H13BrClNO4S2. The Morgan fingerprint density at radius 2 is 2.11 bits per heavy atom. The minimum atomic E-state index is -3.90. The van der Waals surface area contributed by atoms with Gasteiger partial charge in [-0.2, -0.15) is 4.31 Å². The summed E-state index contributed by atoms with van der Waals surface area (Å²) in [7, 11) is -3.90. The number of sulfonamides is 1. The lowest BCUT2D eigenvalue weighted by molar-refractivity contribution is -0.146. The first kappa shape index (κ1) is 16.9. The molecule has 1 heterocycles. The molecule has 0 aliphatic heterocycles. The average Bonchev–Trinajstić information content (AvgIpc) is 2.59. The third-order valence-corrected chi connectivity index (χ3v) is 7.67. The number of halogens is 2. The van der Waals surface area contributed by atoms with Crippen LogP contribution in [0.2, 0.25) is 5.02 Å². The summed E-state index contributed by atoms with van der Waals surface area (Å²) in [6.45, 7) is 4.34. The van der Waals surface area contributed by atoms with Gasteiger partial charge in [0, 0.05) is 6.54 Å². The maximum atomic E-state index is 12.5. The second-order valence-corrected chi connectivity index (χ2v) is 9.09. The van der Waals surface area contributed by atoms with E-state index in [4.69, 9.17) is 11.6 Å². The van der Waals surface area contributed by atoms with Crippen molar-refractivity contribution in [2.75, 3.05) is 6.54 Å². The smallest absolute Gasteiger partial charge is 0.324 e. The van der Waals surface area contributed by atoms with Gasteiger partial charge in [0.15, 0.2) is 0 Å². The van der Waals surface area contributed by atoms with Crippen molar-refractivity contribution < 1.29 is 18.3 Å². The molecule has 1 aromatic heterocycles. The lowest BCUT2D eigenvalue weighted by atomic mass is 10.1. The van der Waals surface area contributed by atoms with E-state index < -0.39 is 21.5 Å². The molecule has 0 aliphatic rings. The van der Waals surface area contributed by atoms with Crippen molar-refractivity contribution in [1.82, 2.24) is 4.31 Å². The lowest BCUT2D eigenvalue weighted by Gasteiger charge is -2.32. The molecule has 9 heteroatoms. The van der Waals surface area contributed by atoms with Crippen LogP contribution < -0.4 is 0 Å². The Hall–Kier alpha value is -0.150. The number of thiophene rings is 1. The summed E-state index contributed by atoms with van der Waals surface area (Å²) in [4.78, 5) is 11.2. The molecule has 108 valence electrons. The highest BCUT2D eigenvalue weighted by atomic mass is 79.9. The summed E-state index contributed by atoms with van der Waals surface area (Å²) < 4.78 is 26.4. The monoisotopic (exact) mass is 389 g/mol. The zero-order valence-electron chi connectivity index (χ0n) is 10.5. The first-order valence-electron chi connectivity index (χ1n) is 5.26. The van der Waals surface area contributed by atoms with Crippen LogP contribution in [-0.2, 0) is 14.8 Å². The van der Waals surface area contributed by atoms with Gasteiger partial charge in [-0.25, -0.2) is 8.42 Å². The first-order valence-corrected chi connectivity index (χ1v) is 8.69. The highest BCUT2D eigenvalue weighted by Crippen LogP contribution is 2.37. The number of carboxylic acid groups (broad SMARTS) is 1. The largest absolute Gasteiger partial charge is 0.480 e. The number of hydrogen-bond acceptors (Lipinski definition) is 4. The zero-order valence-corrected chi connectivity index (χ0v) is 14.5. The predicted molar refractivity (Wildman–Crippen MR) is 78.3 cm³/mol. The van der Waals surface area contributed by atoms with E-state index in [1.807, 2.05) is 0 Å². The molecule has 0 amide bonds. The fraction of sp³-hybridized carbons (Fsp3) is 0.500. The number of hydrogen-bond donors (Lipinski definition) is 1. The van der Waals surface area contributed by atoms with Crippen molar-refractivity contribution in [3.63, 3.8) is 0 Å². The Morgan fingerprint density at radius 3 is 2.42 bits per heavy atom. The Morgan fingerprint density at radius 1 is 1.58 bits per heavy atom. The fourth-order valence-electron chi connectivity index (χ4n) is 1.53. The van der Waals surface area contributed by atoms with Gasteiger partial charge in [-0.1, -0.05) is 18.5 Å². The van der Waals surface area contributed by atoms with Crippen LogP contribution in [0, 0.1) is 0 Å². The molecule has 1 N–H and O–H groups in total. The van der Waals surface area contributed by atoms with Crippen molar-refractivity contribution in [2.24, 2.45) is 0 Å². The minimum absolute atomic E-state index is 0.0144. The minimum Gasteiger partial charge on any atom is -0.480 e. The topological polar surface area (TPSA) is 74.7 Å². The van der Waals surface area contributed by atoms with Crippen LogP contribution in [0.3, 0.4) is 0 Å². The molecule has 0 atom stereocenters. The van der Waals surface area contributed by atoms with E-state index >= 15 is 0 Å². The number of carbonyl (C=O) groups is 1. The van der Waals surface area contributed by atoms with Crippen molar-refractivity contribution in [1.29, 1.82) is 0 Å². The van der Waals surface area contributed by atoms with Crippen LogP contribution in [0.25, 0.3) is 0 Å². The van der Waals surface area contributed by atoms with Gasteiger partial charge in [-0.3, -0.25) is 4.79 Å². The van der Waals surface area contributed by atoms with Crippen molar-refractivity contribution in [3.05, 3.63) is 14.9 Å². The van der Waals surface area contributed by atoms with Gasteiger partial charge in [0.1, 0.15) is 9.75 Å². The zero-order chi connectivity index (χ0) is 15.0. The summed E-state index contributed by atoms with van der Waals surface area (Å²) in [5.74, 6) is -1.21. The first-order chi connectivity index (χ1) is 8.55. The van der Waals surface area contributed by atoms with E-state index in [0.717, 1.165) is 15.6 Å². The van der Waals surface area contributed by atoms with E-state index in [1.54, 1.807) is 6.92 Å². The van der Waals surface area contributed by atoms with E-state index in [-0.39, 0.29) is 15.8 Å². The Balaban J connectivity index is 3.35. The van der Waals surface area contributed by atoms with Gasteiger partial charge in [-0.15, -0.1) is 11.3 Å². The number of rotatable bonds is 5. The maximum absolute atomic E-state index is 12.5. The van der Waals surface area contributed by atoms with E-state index in [0.29, 0.717) is 3.79 Å². The van der Waals surface area contributed by atoms with Gasteiger partial charge in [0.05, 0.1) is 8.81 Å². The van der Waals surface area contributed by atoms with Crippen LogP contribution >= 0.6 is 38.9 Å². The molecule has 1 rings (SSSR count). The fourth-order valence-corrected chi connectivity index (χ4v) is 5.80. The summed E-state index contributed by atoms with van der Waals surface area (Å²) in [5, 5.41) is 9.46. The molecule has 0 saturated carbocycles. The number of likely N-dealkylation sites (N-methyl/N-ethyl adjacent to an activating group) is 1. The molecule has 0 unspecified atom stereocenters. The molecule has 0 aromatic carbocycles. The number of aliphatic carboxylic acids is 1. The van der Waals surface area contributed by atoms with Crippen LogP contribution in [0.1, 0.15) is 20.8 Å². The SMILES string of the molecule is CCN(C(C)(C)C(=O)O)S(=O)(=O)c1cc(Cl)c(Br)s1. The molecule has 0 saturated heterocycles. The summed E-state index contributed by atoms with van der Waals surface area (Å²) >= 11 is 9.93. The summed E-state index contributed by atoms with van der Waals surface area (Å²) in [5.41, 5.74) is -1.53. The van der Waals surface area contributed by atoms with Crippen molar-refractivity contribution >= 4 is 54.9 Å². The third-order valence-electron chi connectivity index (χ3n) is 2.60. The Labute approximate surface area is 129 Å². The van der Waals surface area contributed by atoms with Gasteiger partial charge in [-0.05, 0) is 35.8 Å². The highest BCUT2D eigenvalue weighted by molar-refractivity contribution is 9.11. The number of nitrogens with zero attached hydrogens (tertiary/aromatic N) is 1. The molecular weight excluding hydrogens is 378 g/mol. The maximum Gasteiger partial charge on any atom is 0.324 e. The van der Waals surface area contributed by atoms with Crippen LogP contribution in [0.4, 0.5) is 0 Å². The standard InChI is InChI=1S/C10H13BrClNO4S2/c1-4-13(10(2,3)9(14)15)19(16,17)7-5-6(12)8(11)18-7/h5H,4H2,1-3H3,(H,14,15).